The van der Waals surface area contributed by atoms with Crippen LogP contribution in [-0.2, 0) is 13.6 Å². The second-order valence-electron chi connectivity index (χ2n) is 5.86. The third-order valence-corrected chi connectivity index (χ3v) is 3.99. The molecule has 2 aromatic carbocycles. The zero-order chi connectivity index (χ0) is 17.2. The zero-order valence-electron chi connectivity index (χ0n) is 13.8. The van der Waals surface area contributed by atoms with E-state index in [9.17, 15) is 5.11 Å². The van der Waals surface area contributed by atoms with Gasteiger partial charge in [-0.2, -0.15) is 0 Å². The van der Waals surface area contributed by atoms with E-state index in [0.717, 1.165) is 11.3 Å². The van der Waals surface area contributed by atoms with Gasteiger partial charge in [-0.05, 0) is 17.7 Å². The number of para-hydroxylation sites is 1. The van der Waals surface area contributed by atoms with Gasteiger partial charge in [0.05, 0.1) is 13.6 Å². The molecule has 0 fully saturated rings. The van der Waals surface area contributed by atoms with Gasteiger partial charge in [0.25, 0.3) is 0 Å². The maximum atomic E-state index is 12.6. The van der Waals surface area contributed by atoms with Crippen LogP contribution in [0.25, 0.3) is 11.2 Å². The van der Waals surface area contributed by atoms with Gasteiger partial charge in [-0.15, -0.1) is 0 Å². The Morgan fingerprint density at radius 2 is 1.68 bits per heavy atom. The molecule has 25 heavy (non-hydrogen) atoms. The van der Waals surface area contributed by atoms with E-state index in [4.69, 9.17) is 0 Å². The van der Waals surface area contributed by atoms with Crippen molar-refractivity contribution in [1.82, 2.24) is 14.5 Å². The summed E-state index contributed by atoms with van der Waals surface area (Å²) >= 11 is 0. The smallest absolute Gasteiger partial charge is 0.306 e. The van der Waals surface area contributed by atoms with Crippen LogP contribution in [0.3, 0.4) is 0 Å². The average Bonchev–Trinajstić information content (AvgIpc) is 2.93. The van der Waals surface area contributed by atoms with Gasteiger partial charge in [-0.1, -0.05) is 53.5 Å². The predicted molar refractivity (Wildman–Crippen MR) is 93.4 cm³/mol. The lowest BCUT2D eigenvalue weighted by atomic mass is 10.2. The number of anilines is 2. The van der Waals surface area contributed by atoms with Crippen molar-refractivity contribution >= 4 is 22.8 Å². The number of hydrogen-bond acceptors (Lipinski definition) is 4. The largest absolute Gasteiger partial charge is 0.856 e. The highest BCUT2D eigenvalue weighted by atomic mass is 16.3. The summed E-state index contributed by atoms with van der Waals surface area (Å²) in [5.41, 5.74) is 3.07. The predicted octanol–water partition coefficient (Wildman–Crippen LogP) is 2.12. The third-order valence-electron chi connectivity index (χ3n) is 3.99. The minimum atomic E-state index is -0.292. The summed E-state index contributed by atoms with van der Waals surface area (Å²) in [6.07, 6.45) is 1.88. The van der Waals surface area contributed by atoms with E-state index < -0.39 is 0 Å². The van der Waals surface area contributed by atoms with Crippen LogP contribution in [0.4, 0.5) is 11.6 Å². The fourth-order valence-electron chi connectivity index (χ4n) is 2.85. The number of fused-ring (bicyclic) bond motifs is 1. The zero-order valence-corrected chi connectivity index (χ0v) is 13.8. The summed E-state index contributed by atoms with van der Waals surface area (Å²) in [6, 6.07) is 19.6. The molecule has 0 bridgehead atoms. The lowest BCUT2D eigenvalue weighted by Gasteiger charge is -2.08. The van der Waals surface area contributed by atoms with Crippen molar-refractivity contribution in [1.29, 1.82) is 0 Å². The van der Waals surface area contributed by atoms with Gasteiger partial charge in [-0.25, -0.2) is 9.55 Å². The molecule has 0 amide bonds. The van der Waals surface area contributed by atoms with Crippen molar-refractivity contribution in [2.45, 2.75) is 6.54 Å². The Morgan fingerprint density at radius 3 is 2.40 bits per heavy atom. The average molecular weight is 331 g/mol. The Kier molecular flexibility index (Phi) is 3.78. The molecule has 0 saturated heterocycles. The molecule has 0 aliphatic carbocycles. The number of nitrogens with one attached hydrogen (secondary N) is 1. The van der Waals surface area contributed by atoms with Crippen LogP contribution in [0.1, 0.15) is 5.56 Å². The molecule has 0 radical (unpaired) electrons. The molecule has 6 nitrogen and oxygen atoms in total. The highest BCUT2D eigenvalue weighted by molar-refractivity contribution is 5.75. The fraction of sp³-hybridized carbons (Fsp3) is 0.105. The molecule has 6 heteroatoms. The molecule has 124 valence electrons. The molecule has 4 rings (SSSR count). The molecular weight excluding hydrogens is 314 g/mol. The van der Waals surface area contributed by atoms with Gasteiger partial charge >= 0.3 is 11.6 Å². The first kappa shape index (κ1) is 15.1. The summed E-state index contributed by atoms with van der Waals surface area (Å²) in [5.74, 6) is 0.0109. The summed E-state index contributed by atoms with van der Waals surface area (Å²) in [4.78, 5) is 8.61. The maximum absolute atomic E-state index is 12.6. The first-order valence-corrected chi connectivity index (χ1v) is 8.00. The van der Waals surface area contributed by atoms with Gasteiger partial charge in [-0.3, -0.25) is 4.57 Å². The van der Waals surface area contributed by atoms with E-state index in [0.29, 0.717) is 23.7 Å². The van der Waals surface area contributed by atoms with Crippen LogP contribution in [0.2, 0.25) is 0 Å². The Labute approximate surface area is 145 Å². The Balaban J connectivity index is 1.73. The number of imidazole rings is 1. The van der Waals surface area contributed by atoms with Crippen LogP contribution in [0, 0.1) is 0 Å². The molecular formula is C19H17N5O. The van der Waals surface area contributed by atoms with Gasteiger partial charge < -0.3 is 10.4 Å². The first-order valence-electron chi connectivity index (χ1n) is 8.00. The minimum absolute atomic E-state index is 0.292. The van der Waals surface area contributed by atoms with E-state index in [-0.39, 0.29) is 5.88 Å². The second kappa shape index (κ2) is 6.24. The normalized spacial score (nSPS) is 10.9. The van der Waals surface area contributed by atoms with Gasteiger partial charge in [0.15, 0.2) is 11.8 Å². The number of aromatic nitrogens is 4. The minimum Gasteiger partial charge on any atom is -0.856 e. The van der Waals surface area contributed by atoms with Crippen molar-refractivity contribution in [3.8, 4) is 5.88 Å². The van der Waals surface area contributed by atoms with Gasteiger partial charge in [0.2, 0.25) is 0 Å². The molecule has 0 aliphatic rings. The van der Waals surface area contributed by atoms with Crippen LogP contribution in [0.5, 0.6) is 5.88 Å². The third kappa shape index (κ3) is 3.01. The van der Waals surface area contributed by atoms with Crippen molar-refractivity contribution in [2.24, 2.45) is 7.05 Å². The molecule has 1 N–H and O–H groups in total. The monoisotopic (exact) mass is 331 g/mol. The molecule has 0 aliphatic heterocycles. The topological polar surface area (TPSA) is 69.7 Å². The van der Waals surface area contributed by atoms with E-state index >= 15 is 0 Å². The quantitative estimate of drug-likeness (QED) is 0.582. The van der Waals surface area contributed by atoms with Crippen molar-refractivity contribution in [3.63, 3.8) is 0 Å². The maximum Gasteiger partial charge on any atom is 0.306 e. The first-order chi connectivity index (χ1) is 12.2. The van der Waals surface area contributed by atoms with Gasteiger partial charge in [0.1, 0.15) is 0 Å². The number of hydrogen-bond donors (Lipinski definition) is 1. The number of aryl methyl sites for hydroxylation is 1. The number of rotatable bonds is 4. The number of benzene rings is 2. The van der Waals surface area contributed by atoms with E-state index in [1.54, 1.807) is 0 Å². The molecule has 2 heterocycles. The van der Waals surface area contributed by atoms with Crippen LogP contribution >= 0.6 is 0 Å². The Morgan fingerprint density at radius 1 is 1.00 bits per heavy atom. The van der Waals surface area contributed by atoms with Crippen molar-refractivity contribution in [3.05, 3.63) is 72.6 Å². The summed E-state index contributed by atoms with van der Waals surface area (Å²) in [5, 5.41) is 15.7. The number of nitrogens with zero attached hydrogens (tertiary/aromatic N) is 4. The van der Waals surface area contributed by atoms with Gasteiger partial charge in [0, 0.05) is 11.6 Å². The summed E-state index contributed by atoms with van der Waals surface area (Å²) < 4.78 is 3.73. The SMILES string of the molecule is C[n+]1cn(Cc2ccccc2)c2c([O-])nc(Nc3ccccc3)nc21. The Hall–Kier alpha value is -3.41. The van der Waals surface area contributed by atoms with E-state index in [1.807, 2.05) is 83.2 Å². The van der Waals surface area contributed by atoms with Crippen LogP contribution < -0.4 is 15.0 Å². The van der Waals surface area contributed by atoms with Crippen molar-refractivity contribution in [2.75, 3.05) is 5.32 Å². The highest BCUT2D eigenvalue weighted by Gasteiger charge is 2.18. The lowest BCUT2D eigenvalue weighted by Crippen LogP contribution is -2.26. The molecule has 0 unspecified atom stereocenters. The molecule has 4 aromatic rings. The fourth-order valence-corrected chi connectivity index (χ4v) is 2.85. The molecule has 2 aromatic heterocycles. The highest BCUT2D eigenvalue weighted by Crippen LogP contribution is 2.22. The standard InChI is InChI=1S/C19H17N5O/c1-23-13-24(12-14-8-4-2-5-9-14)16-17(23)21-19(22-18(16)25)20-15-10-6-3-7-11-15/h2-11,13H,12H2,1H3,(H-,20,21,22,25). The van der Waals surface area contributed by atoms with Crippen LogP contribution in [0.15, 0.2) is 67.0 Å². The lowest BCUT2D eigenvalue weighted by molar-refractivity contribution is -0.647. The van der Waals surface area contributed by atoms with E-state index in [2.05, 4.69) is 15.3 Å². The van der Waals surface area contributed by atoms with E-state index in [1.165, 1.54) is 0 Å². The van der Waals surface area contributed by atoms with Crippen molar-refractivity contribution < 1.29 is 9.67 Å². The molecule has 0 saturated carbocycles. The molecule has 0 spiro atoms. The summed E-state index contributed by atoms with van der Waals surface area (Å²) in [6.45, 7) is 0.599. The summed E-state index contributed by atoms with van der Waals surface area (Å²) in [7, 11) is 1.88. The van der Waals surface area contributed by atoms with Crippen LogP contribution in [-0.4, -0.2) is 14.5 Å². The Bertz CT molecular complexity index is 1010. The second-order valence-corrected chi connectivity index (χ2v) is 5.86. The molecule has 0 atom stereocenters.